The molecule has 1 amide bonds. The number of nitrogens with one attached hydrogen (secondary N) is 1. The lowest BCUT2D eigenvalue weighted by atomic mass is 9.92. The maximum Gasteiger partial charge on any atom is 0.270 e. The monoisotopic (exact) mass is 288 g/mol. The molecule has 21 heavy (non-hydrogen) atoms. The van der Waals surface area contributed by atoms with E-state index in [4.69, 9.17) is 0 Å². The van der Waals surface area contributed by atoms with Crippen LogP contribution in [0.1, 0.15) is 35.8 Å². The zero-order valence-corrected chi connectivity index (χ0v) is 12.5. The Balaban J connectivity index is 1.37. The van der Waals surface area contributed by atoms with Crippen molar-refractivity contribution >= 4 is 5.91 Å². The van der Waals surface area contributed by atoms with E-state index in [0.29, 0.717) is 12.1 Å². The Bertz CT molecular complexity index is 510. The first-order valence-corrected chi connectivity index (χ1v) is 8.24. The van der Waals surface area contributed by atoms with Crippen LogP contribution in [0.15, 0.2) is 18.3 Å². The van der Waals surface area contributed by atoms with Gasteiger partial charge in [-0.25, -0.2) is 0 Å². The van der Waals surface area contributed by atoms with Gasteiger partial charge in [-0.1, -0.05) is 0 Å². The number of hydrogen-bond acceptors (Lipinski definition) is 3. The largest absolute Gasteiger partial charge is 0.340 e. The molecule has 1 N–H and O–H groups in total. The Labute approximate surface area is 125 Å². The number of aromatic nitrogens is 1. The molecule has 114 valence electrons. The van der Waals surface area contributed by atoms with Crippen LogP contribution in [0.5, 0.6) is 0 Å². The first kappa shape index (κ1) is 13.3. The molecule has 0 unspecified atom stereocenters. The fraction of sp³-hybridized carbons (Fsp3) is 0.688. The summed E-state index contributed by atoms with van der Waals surface area (Å²) in [5.74, 6) is 0.221. The fourth-order valence-corrected chi connectivity index (χ4v) is 3.62. The summed E-state index contributed by atoms with van der Waals surface area (Å²) in [5.41, 5.74) is 0.887. The van der Waals surface area contributed by atoms with Gasteiger partial charge in [0.15, 0.2) is 0 Å². The molecular weight excluding hydrogens is 264 g/mol. The van der Waals surface area contributed by atoms with Crippen molar-refractivity contribution in [3.8, 4) is 0 Å². The van der Waals surface area contributed by atoms with Gasteiger partial charge >= 0.3 is 0 Å². The van der Waals surface area contributed by atoms with Crippen LogP contribution < -0.4 is 5.32 Å². The maximum atomic E-state index is 12.7. The van der Waals surface area contributed by atoms with Gasteiger partial charge in [0.1, 0.15) is 5.69 Å². The molecule has 3 heterocycles. The third-order valence-electron chi connectivity index (χ3n) is 5.28. The Morgan fingerprint density at radius 1 is 1.14 bits per heavy atom. The van der Waals surface area contributed by atoms with Gasteiger partial charge in [-0.05, 0) is 31.4 Å². The number of rotatable bonds is 3. The zero-order valence-electron chi connectivity index (χ0n) is 12.5. The first-order chi connectivity index (χ1) is 10.3. The molecule has 0 aromatic carbocycles. The van der Waals surface area contributed by atoms with Crippen molar-refractivity contribution in [1.82, 2.24) is 19.7 Å². The van der Waals surface area contributed by atoms with Gasteiger partial charge in [-0.3, -0.25) is 9.69 Å². The summed E-state index contributed by atoms with van der Waals surface area (Å²) in [5, 5.41) is 3.38. The molecule has 1 aliphatic carbocycles. The average molecular weight is 288 g/mol. The molecule has 1 saturated carbocycles. The van der Waals surface area contributed by atoms with Crippen molar-refractivity contribution in [2.45, 2.75) is 31.3 Å². The minimum absolute atomic E-state index is 0.221. The summed E-state index contributed by atoms with van der Waals surface area (Å²) < 4.78 is 2.20. The fourth-order valence-electron chi connectivity index (χ4n) is 3.62. The van der Waals surface area contributed by atoms with Crippen LogP contribution in [0, 0.1) is 0 Å². The van der Waals surface area contributed by atoms with E-state index >= 15 is 0 Å². The highest BCUT2D eigenvalue weighted by molar-refractivity contribution is 5.93. The van der Waals surface area contributed by atoms with Gasteiger partial charge in [0.2, 0.25) is 0 Å². The molecule has 0 bridgehead atoms. The SMILES string of the molecule is O=C(c1cccn1C1CCC1)N1CC(N2CCNCC2)C1. The Hall–Kier alpha value is -1.33. The van der Waals surface area contributed by atoms with Crippen molar-refractivity contribution in [2.24, 2.45) is 0 Å². The van der Waals surface area contributed by atoms with Gasteiger partial charge in [0, 0.05) is 57.5 Å². The molecule has 0 atom stereocenters. The van der Waals surface area contributed by atoms with Crippen molar-refractivity contribution in [3.05, 3.63) is 24.0 Å². The van der Waals surface area contributed by atoms with E-state index in [1.807, 2.05) is 17.0 Å². The zero-order chi connectivity index (χ0) is 14.2. The lowest BCUT2D eigenvalue weighted by Gasteiger charge is -2.47. The molecule has 4 rings (SSSR count). The quantitative estimate of drug-likeness (QED) is 0.900. The maximum absolute atomic E-state index is 12.7. The van der Waals surface area contributed by atoms with Gasteiger partial charge < -0.3 is 14.8 Å². The summed E-state index contributed by atoms with van der Waals surface area (Å²) in [6.07, 6.45) is 5.81. The van der Waals surface area contributed by atoms with Crippen LogP contribution in [0.3, 0.4) is 0 Å². The standard InChI is InChI=1S/C16H24N4O/c21-16(15-5-2-8-20(15)13-3-1-4-13)19-11-14(12-19)18-9-6-17-7-10-18/h2,5,8,13-14,17H,1,3-4,6-7,9-12H2. The summed E-state index contributed by atoms with van der Waals surface area (Å²) >= 11 is 0. The van der Waals surface area contributed by atoms with Crippen LogP contribution >= 0.6 is 0 Å². The van der Waals surface area contributed by atoms with Crippen LogP contribution in [0.25, 0.3) is 0 Å². The summed E-state index contributed by atoms with van der Waals surface area (Å²) in [7, 11) is 0. The minimum atomic E-state index is 0.221. The molecule has 1 aromatic rings. The molecule has 5 nitrogen and oxygen atoms in total. The van der Waals surface area contributed by atoms with E-state index in [1.54, 1.807) is 0 Å². The summed E-state index contributed by atoms with van der Waals surface area (Å²) in [4.78, 5) is 17.2. The number of hydrogen-bond donors (Lipinski definition) is 1. The number of nitrogens with zero attached hydrogens (tertiary/aromatic N) is 3. The molecule has 0 radical (unpaired) electrons. The predicted octanol–water partition coefficient (Wildman–Crippen LogP) is 0.943. The number of amides is 1. The molecule has 3 fully saturated rings. The number of carbonyl (C=O) groups is 1. The highest BCUT2D eigenvalue weighted by atomic mass is 16.2. The highest BCUT2D eigenvalue weighted by Crippen LogP contribution is 2.33. The lowest BCUT2D eigenvalue weighted by Crippen LogP contribution is -2.64. The molecule has 0 spiro atoms. The van der Waals surface area contributed by atoms with Crippen molar-refractivity contribution in [2.75, 3.05) is 39.3 Å². The normalized spacial score (nSPS) is 24.7. The smallest absolute Gasteiger partial charge is 0.270 e. The minimum Gasteiger partial charge on any atom is -0.340 e. The van der Waals surface area contributed by atoms with Crippen molar-refractivity contribution in [1.29, 1.82) is 0 Å². The van der Waals surface area contributed by atoms with Gasteiger partial charge in [0.05, 0.1) is 0 Å². The Kier molecular flexibility index (Phi) is 3.47. The van der Waals surface area contributed by atoms with Gasteiger partial charge in [-0.15, -0.1) is 0 Å². The second-order valence-electron chi connectivity index (χ2n) is 6.54. The van der Waals surface area contributed by atoms with E-state index < -0.39 is 0 Å². The third-order valence-corrected chi connectivity index (χ3v) is 5.28. The number of carbonyl (C=O) groups excluding carboxylic acids is 1. The topological polar surface area (TPSA) is 40.5 Å². The molecule has 5 heteroatoms. The Morgan fingerprint density at radius 2 is 1.90 bits per heavy atom. The first-order valence-electron chi connectivity index (χ1n) is 8.24. The highest BCUT2D eigenvalue weighted by Gasteiger charge is 2.36. The average Bonchev–Trinajstić information content (AvgIpc) is 2.85. The summed E-state index contributed by atoms with van der Waals surface area (Å²) in [6, 6.07) is 5.13. The van der Waals surface area contributed by atoms with Crippen LogP contribution in [-0.4, -0.2) is 65.6 Å². The molecule has 2 saturated heterocycles. The molecule has 1 aromatic heterocycles. The second-order valence-corrected chi connectivity index (χ2v) is 6.54. The van der Waals surface area contributed by atoms with E-state index in [-0.39, 0.29) is 5.91 Å². The van der Waals surface area contributed by atoms with Crippen LogP contribution in [0.4, 0.5) is 0 Å². The van der Waals surface area contributed by atoms with Gasteiger partial charge in [-0.2, -0.15) is 0 Å². The summed E-state index contributed by atoms with van der Waals surface area (Å²) in [6.45, 7) is 6.18. The van der Waals surface area contributed by atoms with E-state index in [0.717, 1.165) is 45.0 Å². The number of likely N-dealkylation sites (tertiary alicyclic amines) is 1. The van der Waals surface area contributed by atoms with Crippen LogP contribution in [0.2, 0.25) is 0 Å². The molecule has 3 aliphatic rings. The Morgan fingerprint density at radius 3 is 2.57 bits per heavy atom. The van der Waals surface area contributed by atoms with Crippen molar-refractivity contribution < 1.29 is 4.79 Å². The molecule has 2 aliphatic heterocycles. The van der Waals surface area contributed by atoms with E-state index in [1.165, 1.54) is 19.3 Å². The second kappa shape index (κ2) is 5.46. The van der Waals surface area contributed by atoms with Crippen LogP contribution in [-0.2, 0) is 0 Å². The van der Waals surface area contributed by atoms with E-state index in [9.17, 15) is 4.79 Å². The number of piperazine rings is 1. The van der Waals surface area contributed by atoms with Crippen molar-refractivity contribution in [3.63, 3.8) is 0 Å². The van der Waals surface area contributed by atoms with Gasteiger partial charge in [0.25, 0.3) is 5.91 Å². The third kappa shape index (κ3) is 2.38. The predicted molar refractivity (Wildman–Crippen MR) is 81.5 cm³/mol. The van der Waals surface area contributed by atoms with E-state index in [2.05, 4.69) is 21.0 Å². The molecular formula is C16H24N4O. The lowest BCUT2D eigenvalue weighted by molar-refractivity contribution is 0.0216.